The second-order valence-electron chi connectivity index (χ2n) is 8.49. The fraction of sp³-hybridized carbons (Fsp3) is 0.619. The molecule has 0 radical (unpaired) electrons. The SMILES string of the molecule is COC(=O)C1CCCN(C)C1C1Cc2ccccc2N1C(=O)OC(C)(C)C. The van der Waals surface area contributed by atoms with Crippen LogP contribution in [0.4, 0.5) is 10.5 Å². The predicted molar refractivity (Wildman–Crippen MR) is 104 cm³/mol. The zero-order valence-electron chi connectivity index (χ0n) is 16.9. The summed E-state index contributed by atoms with van der Waals surface area (Å²) in [6.45, 7) is 6.50. The van der Waals surface area contributed by atoms with Crippen LogP contribution in [0.1, 0.15) is 39.2 Å². The molecule has 0 N–H and O–H groups in total. The Bertz CT molecular complexity index is 712. The quantitative estimate of drug-likeness (QED) is 0.744. The van der Waals surface area contributed by atoms with Crippen molar-refractivity contribution in [1.29, 1.82) is 0 Å². The van der Waals surface area contributed by atoms with E-state index >= 15 is 0 Å². The number of fused-ring (bicyclic) bond motifs is 1. The van der Waals surface area contributed by atoms with Gasteiger partial charge in [-0.15, -0.1) is 0 Å². The summed E-state index contributed by atoms with van der Waals surface area (Å²) in [5.41, 5.74) is 1.40. The molecule has 0 saturated carbocycles. The van der Waals surface area contributed by atoms with Gasteiger partial charge in [0.25, 0.3) is 0 Å². The maximum atomic E-state index is 13.1. The van der Waals surface area contributed by atoms with E-state index in [0.29, 0.717) is 6.42 Å². The first-order valence-electron chi connectivity index (χ1n) is 9.61. The van der Waals surface area contributed by atoms with Gasteiger partial charge in [-0.25, -0.2) is 4.79 Å². The number of ether oxygens (including phenoxy) is 2. The van der Waals surface area contributed by atoms with Crippen molar-refractivity contribution in [3.8, 4) is 0 Å². The molecule has 3 unspecified atom stereocenters. The molecule has 0 aromatic heterocycles. The molecule has 6 nitrogen and oxygen atoms in total. The molecule has 2 heterocycles. The van der Waals surface area contributed by atoms with Crippen LogP contribution in [0, 0.1) is 5.92 Å². The van der Waals surface area contributed by atoms with Gasteiger partial charge in [0.05, 0.1) is 24.8 Å². The van der Waals surface area contributed by atoms with E-state index in [9.17, 15) is 9.59 Å². The van der Waals surface area contributed by atoms with Crippen LogP contribution >= 0.6 is 0 Å². The first-order chi connectivity index (χ1) is 12.7. The molecule has 0 spiro atoms. The highest BCUT2D eigenvalue weighted by atomic mass is 16.6. The molecule has 1 aromatic rings. The van der Waals surface area contributed by atoms with Crippen molar-refractivity contribution in [2.24, 2.45) is 5.92 Å². The topological polar surface area (TPSA) is 59.1 Å². The fourth-order valence-electron chi connectivity index (χ4n) is 4.39. The first kappa shape index (κ1) is 19.7. The van der Waals surface area contributed by atoms with Crippen LogP contribution in [-0.4, -0.2) is 55.3 Å². The van der Waals surface area contributed by atoms with Gasteiger partial charge in [0.2, 0.25) is 0 Å². The number of likely N-dealkylation sites (N-methyl/N-ethyl adjacent to an activating group) is 1. The number of nitrogens with zero attached hydrogens (tertiary/aromatic N) is 2. The number of methoxy groups -OCH3 is 1. The minimum Gasteiger partial charge on any atom is -0.469 e. The Balaban J connectivity index is 1.98. The Morgan fingerprint density at radius 1 is 1.19 bits per heavy atom. The average molecular weight is 374 g/mol. The largest absolute Gasteiger partial charge is 0.469 e. The average Bonchev–Trinajstić information content (AvgIpc) is 2.98. The van der Waals surface area contributed by atoms with E-state index in [1.165, 1.54) is 7.11 Å². The number of esters is 1. The molecule has 1 amide bonds. The zero-order chi connectivity index (χ0) is 19.8. The van der Waals surface area contributed by atoms with Crippen molar-refractivity contribution >= 4 is 17.7 Å². The lowest BCUT2D eigenvalue weighted by Crippen LogP contribution is -2.59. The first-order valence-corrected chi connectivity index (χ1v) is 9.61. The third kappa shape index (κ3) is 3.95. The number of carbonyl (C=O) groups is 2. The molecule has 3 rings (SSSR count). The molecular weight excluding hydrogens is 344 g/mol. The number of amides is 1. The van der Waals surface area contributed by atoms with Gasteiger partial charge in [0.15, 0.2) is 0 Å². The molecule has 3 atom stereocenters. The molecule has 148 valence electrons. The van der Waals surface area contributed by atoms with Crippen LogP contribution in [0.25, 0.3) is 0 Å². The number of hydrogen-bond donors (Lipinski definition) is 0. The standard InChI is InChI=1S/C21H30N2O4/c1-21(2,3)27-20(25)23-16-11-7-6-9-14(16)13-17(23)18-15(19(24)26-5)10-8-12-22(18)4/h6-7,9,11,15,17-18H,8,10,12-13H2,1-5H3. The lowest BCUT2D eigenvalue weighted by Gasteiger charge is -2.43. The van der Waals surface area contributed by atoms with Gasteiger partial charge >= 0.3 is 12.1 Å². The fourth-order valence-corrected chi connectivity index (χ4v) is 4.39. The summed E-state index contributed by atoms with van der Waals surface area (Å²) >= 11 is 0. The van der Waals surface area contributed by atoms with Gasteiger partial charge in [-0.1, -0.05) is 18.2 Å². The minimum absolute atomic E-state index is 0.105. The van der Waals surface area contributed by atoms with Crippen LogP contribution in [0.3, 0.4) is 0 Å². The van der Waals surface area contributed by atoms with Gasteiger partial charge in [0.1, 0.15) is 5.60 Å². The van der Waals surface area contributed by atoms with E-state index < -0.39 is 5.60 Å². The van der Waals surface area contributed by atoms with E-state index in [2.05, 4.69) is 4.90 Å². The number of benzene rings is 1. The monoisotopic (exact) mass is 374 g/mol. The maximum absolute atomic E-state index is 13.1. The van der Waals surface area contributed by atoms with Crippen molar-refractivity contribution in [1.82, 2.24) is 4.90 Å². The van der Waals surface area contributed by atoms with E-state index in [4.69, 9.17) is 9.47 Å². The second-order valence-corrected chi connectivity index (χ2v) is 8.49. The predicted octanol–water partition coefficient (Wildman–Crippen LogP) is 3.24. The van der Waals surface area contributed by atoms with Crippen LogP contribution in [0.2, 0.25) is 0 Å². The number of piperidine rings is 1. The Morgan fingerprint density at radius 3 is 2.56 bits per heavy atom. The molecule has 1 fully saturated rings. The Morgan fingerprint density at radius 2 is 1.89 bits per heavy atom. The van der Waals surface area contributed by atoms with Gasteiger partial charge in [0, 0.05) is 6.04 Å². The van der Waals surface area contributed by atoms with Crippen molar-refractivity contribution in [3.63, 3.8) is 0 Å². The Labute approximate surface area is 161 Å². The molecule has 2 aliphatic heterocycles. The molecular formula is C21H30N2O4. The Hall–Kier alpha value is -2.08. The van der Waals surface area contributed by atoms with Crippen LogP contribution in [0.5, 0.6) is 0 Å². The van der Waals surface area contributed by atoms with E-state index in [1.807, 2.05) is 52.1 Å². The summed E-state index contributed by atoms with van der Waals surface area (Å²) in [5, 5.41) is 0. The van der Waals surface area contributed by atoms with Crippen molar-refractivity contribution in [3.05, 3.63) is 29.8 Å². The molecule has 6 heteroatoms. The van der Waals surface area contributed by atoms with Gasteiger partial charge in [-0.05, 0) is 65.3 Å². The summed E-state index contributed by atoms with van der Waals surface area (Å²) in [7, 11) is 3.46. The normalized spacial score (nSPS) is 25.8. The molecule has 1 aromatic carbocycles. The molecule has 27 heavy (non-hydrogen) atoms. The lowest BCUT2D eigenvalue weighted by molar-refractivity contribution is -0.150. The third-order valence-electron chi connectivity index (χ3n) is 5.45. The molecule has 0 bridgehead atoms. The second kappa shape index (κ2) is 7.50. The van der Waals surface area contributed by atoms with Gasteiger partial charge in [-0.2, -0.15) is 0 Å². The lowest BCUT2D eigenvalue weighted by atomic mass is 9.83. The van der Waals surface area contributed by atoms with Crippen LogP contribution in [-0.2, 0) is 20.7 Å². The van der Waals surface area contributed by atoms with E-state index in [-0.39, 0.29) is 30.1 Å². The molecule has 1 saturated heterocycles. The summed E-state index contributed by atoms with van der Waals surface area (Å²) in [6, 6.07) is 7.65. The van der Waals surface area contributed by atoms with E-state index in [1.54, 1.807) is 4.90 Å². The number of carbonyl (C=O) groups excluding carboxylic acids is 2. The number of hydrogen-bond acceptors (Lipinski definition) is 5. The number of rotatable bonds is 2. The van der Waals surface area contributed by atoms with Gasteiger partial charge < -0.3 is 14.4 Å². The number of likely N-dealkylation sites (tertiary alicyclic amines) is 1. The smallest absolute Gasteiger partial charge is 0.415 e. The van der Waals surface area contributed by atoms with E-state index in [0.717, 1.165) is 30.6 Å². The summed E-state index contributed by atoms with van der Waals surface area (Å²) < 4.78 is 10.8. The van der Waals surface area contributed by atoms with Crippen molar-refractivity contribution in [2.45, 2.75) is 57.7 Å². The summed E-state index contributed by atoms with van der Waals surface area (Å²) in [4.78, 5) is 29.5. The molecule has 0 aliphatic carbocycles. The highest BCUT2D eigenvalue weighted by molar-refractivity contribution is 5.92. The molecule has 2 aliphatic rings. The van der Waals surface area contributed by atoms with Crippen molar-refractivity contribution < 1.29 is 19.1 Å². The summed E-state index contributed by atoms with van der Waals surface area (Å²) in [6.07, 6.45) is 2.06. The minimum atomic E-state index is -0.584. The van der Waals surface area contributed by atoms with Crippen molar-refractivity contribution in [2.75, 3.05) is 25.6 Å². The highest BCUT2D eigenvalue weighted by Crippen LogP contribution is 2.39. The summed E-state index contributed by atoms with van der Waals surface area (Å²) in [5.74, 6) is -0.454. The maximum Gasteiger partial charge on any atom is 0.415 e. The van der Waals surface area contributed by atoms with Gasteiger partial charge in [-0.3, -0.25) is 9.69 Å². The highest BCUT2D eigenvalue weighted by Gasteiger charge is 2.47. The zero-order valence-corrected chi connectivity index (χ0v) is 16.9. The third-order valence-corrected chi connectivity index (χ3v) is 5.45. The number of anilines is 1. The van der Waals surface area contributed by atoms with Crippen LogP contribution < -0.4 is 4.90 Å². The van der Waals surface area contributed by atoms with Crippen LogP contribution in [0.15, 0.2) is 24.3 Å². The number of para-hydroxylation sites is 1. The Kier molecular flexibility index (Phi) is 5.47.